The Hall–Kier alpha value is -1.54. The molecule has 1 fully saturated rings. The van der Waals surface area contributed by atoms with Gasteiger partial charge in [-0.05, 0) is 65.6 Å². The molecular formula is C19H22O2. The molecule has 0 bridgehead atoms. The fourth-order valence-electron chi connectivity index (χ4n) is 4.58. The van der Waals surface area contributed by atoms with Crippen molar-refractivity contribution in [2.75, 3.05) is 7.11 Å². The minimum absolute atomic E-state index is 0.0765. The molecule has 2 heteroatoms. The Morgan fingerprint density at radius 3 is 2.86 bits per heavy atom. The van der Waals surface area contributed by atoms with Crippen LogP contribution in [0, 0.1) is 5.41 Å². The van der Waals surface area contributed by atoms with Gasteiger partial charge < -0.3 is 9.84 Å². The maximum atomic E-state index is 10.4. The van der Waals surface area contributed by atoms with E-state index >= 15 is 0 Å². The van der Waals surface area contributed by atoms with Crippen LogP contribution in [0.5, 0.6) is 5.75 Å². The number of hydrogen-bond acceptors (Lipinski definition) is 2. The molecule has 0 aliphatic heterocycles. The van der Waals surface area contributed by atoms with Crippen LogP contribution in [0.25, 0.3) is 10.8 Å². The smallest absolute Gasteiger partial charge is 0.119 e. The molecular weight excluding hydrogens is 260 g/mol. The van der Waals surface area contributed by atoms with E-state index in [2.05, 4.69) is 37.3 Å². The van der Waals surface area contributed by atoms with Gasteiger partial charge in [0.05, 0.1) is 13.2 Å². The Balaban J connectivity index is 1.89. The molecule has 0 heterocycles. The number of fused-ring (bicyclic) bond motifs is 5. The van der Waals surface area contributed by atoms with Gasteiger partial charge in [0.1, 0.15) is 5.75 Å². The number of ether oxygens (including phenoxy) is 1. The zero-order valence-electron chi connectivity index (χ0n) is 12.7. The third kappa shape index (κ3) is 1.75. The van der Waals surface area contributed by atoms with E-state index in [1.54, 1.807) is 7.11 Å². The zero-order chi connectivity index (χ0) is 14.6. The van der Waals surface area contributed by atoms with Crippen molar-refractivity contribution in [1.29, 1.82) is 0 Å². The molecule has 0 aromatic heterocycles. The van der Waals surface area contributed by atoms with E-state index in [1.807, 2.05) is 0 Å². The molecule has 0 amide bonds. The summed E-state index contributed by atoms with van der Waals surface area (Å²) < 4.78 is 5.33. The van der Waals surface area contributed by atoms with Gasteiger partial charge in [0.25, 0.3) is 0 Å². The number of benzene rings is 2. The maximum Gasteiger partial charge on any atom is 0.119 e. The first-order valence-corrected chi connectivity index (χ1v) is 7.91. The molecule has 0 saturated heterocycles. The SMILES string of the molecule is COc1ccc2c3c(ccc2c1)C1CCC(O)C1(C)CC3. The van der Waals surface area contributed by atoms with Crippen molar-refractivity contribution in [3.63, 3.8) is 0 Å². The minimum Gasteiger partial charge on any atom is -0.497 e. The lowest BCUT2D eigenvalue weighted by atomic mass is 9.65. The molecule has 0 spiro atoms. The van der Waals surface area contributed by atoms with E-state index in [9.17, 15) is 5.11 Å². The lowest BCUT2D eigenvalue weighted by molar-refractivity contribution is 0.0459. The molecule has 110 valence electrons. The van der Waals surface area contributed by atoms with Gasteiger partial charge >= 0.3 is 0 Å². The average Bonchev–Trinajstić information content (AvgIpc) is 2.82. The van der Waals surface area contributed by atoms with Crippen molar-refractivity contribution in [2.45, 2.75) is 44.6 Å². The zero-order valence-corrected chi connectivity index (χ0v) is 12.7. The summed E-state index contributed by atoms with van der Waals surface area (Å²) in [6, 6.07) is 10.9. The van der Waals surface area contributed by atoms with Crippen molar-refractivity contribution < 1.29 is 9.84 Å². The van der Waals surface area contributed by atoms with Crippen molar-refractivity contribution in [3.05, 3.63) is 41.5 Å². The highest BCUT2D eigenvalue weighted by Gasteiger charge is 2.49. The van der Waals surface area contributed by atoms with Crippen LogP contribution in [-0.2, 0) is 6.42 Å². The first-order valence-electron chi connectivity index (χ1n) is 7.91. The first-order chi connectivity index (χ1) is 10.1. The maximum absolute atomic E-state index is 10.4. The lowest BCUT2D eigenvalue weighted by Crippen LogP contribution is -2.35. The van der Waals surface area contributed by atoms with E-state index in [0.717, 1.165) is 31.4 Å². The molecule has 2 aliphatic carbocycles. The summed E-state index contributed by atoms with van der Waals surface area (Å²) in [7, 11) is 1.71. The predicted octanol–water partition coefficient (Wildman–Crippen LogP) is 4.04. The van der Waals surface area contributed by atoms with Crippen molar-refractivity contribution in [1.82, 2.24) is 0 Å². The van der Waals surface area contributed by atoms with Crippen molar-refractivity contribution >= 4 is 10.8 Å². The molecule has 3 atom stereocenters. The Bertz CT molecular complexity index is 706. The Morgan fingerprint density at radius 2 is 2.05 bits per heavy atom. The van der Waals surface area contributed by atoms with Gasteiger partial charge in [-0.2, -0.15) is 0 Å². The highest BCUT2D eigenvalue weighted by atomic mass is 16.5. The standard InChI is InChI=1S/C19H22O2/c1-19-10-9-15-14-6-4-13(21-2)11-12(14)3-5-16(15)17(19)7-8-18(19)20/h3-6,11,17-18,20H,7-10H2,1-2H3. The van der Waals surface area contributed by atoms with Crippen LogP contribution < -0.4 is 4.74 Å². The third-order valence-electron chi connectivity index (χ3n) is 5.95. The van der Waals surface area contributed by atoms with Crippen LogP contribution in [0.1, 0.15) is 43.2 Å². The van der Waals surface area contributed by atoms with Gasteiger partial charge in [0.15, 0.2) is 0 Å². The van der Waals surface area contributed by atoms with Crippen LogP contribution in [0.2, 0.25) is 0 Å². The summed E-state index contributed by atoms with van der Waals surface area (Å²) in [5, 5.41) is 13.0. The summed E-state index contributed by atoms with van der Waals surface area (Å²) in [5.41, 5.74) is 3.04. The summed E-state index contributed by atoms with van der Waals surface area (Å²) in [6.45, 7) is 2.27. The summed E-state index contributed by atoms with van der Waals surface area (Å²) in [6.07, 6.45) is 4.09. The van der Waals surface area contributed by atoms with Gasteiger partial charge in [-0.25, -0.2) is 0 Å². The van der Waals surface area contributed by atoms with Crippen LogP contribution in [0.4, 0.5) is 0 Å². The number of aliphatic hydroxyl groups excluding tert-OH is 1. The minimum atomic E-state index is -0.137. The molecule has 1 N–H and O–H groups in total. The van der Waals surface area contributed by atoms with E-state index in [4.69, 9.17) is 4.74 Å². The number of rotatable bonds is 1. The van der Waals surface area contributed by atoms with Crippen molar-refractivity contribution in [2.24, 2.45) is 5.41 Å². The molecule has 2 aromatic rings. The number of aryl methyl sites for hydroxylation is 1. The third-order valence-corrected chi connectivity index (χ3v) is 5.95. The normalized spacial score (nSPS) is 31.0. The molecule has 4 rings (SSSR count). The Labute approximate surface area is 125 Å². The highest BCUT2D eigenvalue weighted by Crippen LogP contribution is 2.56. The largest absolute Gasteiger partial charge is 0.497 e. The Kier molecular flexibility index (Phi) is 2.80. The highest BCUT2D eigenvalue weighted by molar-refractivity contribution is 5.88. The fourth-order valence-corrected chi connectivity index (χ4v) is 4.58. The second-order valence-electron chi connectivity index (χ2n) is 6.87. The van der Waals surface area contributed by atoms with Crippen molar-refractivity contribution in [3.8, 4) is 5.75 Å². The van der Waals surface area contributed by atoms with Crippen LogP contribution in [0.15, 0.2) is 30.3 Å². The first kappa shape index (κ1) is 13.1. The quantitative estimate of drug-likeness (QED) is 0.855. The fraction of sp³-hybridized carbons (Fsp3) is 0.474. The number of methoxy groups -OCH3 is 1. The summed E-state index contributed by atoms with van der Waals surface area (Å²) >= 11 is 0. The molecule has 2 aromatic carbocycles. The van der Waals surface area contributed by atoms with E-state index in [1.165, 1.54) is 21.9 Å². The Morgan fingerprint density at radius 1 is 1.19 bits per heavy atom. The van der Waals surface area contributed by atoms with Crippen LogP contribution in [0.3, 0.4) is 0 Å². The monoisotopic (exact) mass is 282 g/mol. The van der Waals surface area contributed by atoms with Gasteiger partial charge in [-0.15, -0.1) is 0 Å². The van der Waals surface area contributed by atoms with Gasteiger partial charge in [0, 0.05) is 5.41 Å². The molecule has 2 nitrogen and oxygen atoms in total. The number of aliphatic hydroxyl groups is 1. The molecule has 2 aliphatic rings. The van der Waals surface area contributed by atoms with E-state index < -0.39 is 0 Å². The second-order valence-corrected chi connectivity index (χ2v) is 6.87. The molecule has 21 heavy (non-hydrogen) atoms. The molecule has 3 unspecified atom stereocenters. The van der Waals surface area contributed by atoms with E-state index in [0.29, 0.717) is 5.92 Å². The predicted molar refractivity (Wildman–Crippen MR) is 84.9 cm³/mol. The van der Waals surface area contributed by atoms with Gasteiger partial charge in [-0.1, -0.05) is 25.1 Å². The van der Waals surface area contributed by atoms with Gasteiger partial charge in [0.2, 0.25) is 0 Å². The van der Waals surface area contributed by atoms with Crippen LogP contribution >= 0.6 is 0 Å². The molecule has 0 radical (unpaired) electrons. The average molecular weight is 282 g/mol. The van der Waals surface area contributed by atoms with Gasteiger partial charge in [-0.3, -0.25) is 0 Å². The lowest BCUT2D eigenvalue weighted by Gasteiger charge is -2.40. The topological polar surface area (TPSA) is 29.5 Å². The number of hydrogen-bond donors (Lipinski definition) is 1. The summed E-state index contributed by atoms with van der Waals surface area (Å²) in [5.74, 6) is 1.43. The molecule has 1 saturated carbocycles. The second kappa shape index (κ2) is 4.48. The van der Waals surface area contributed by atoms with E-state index in [-0.39, 0.29) is 11.5 Å². The van der Waals surface area contributed by atoms with Crippen LogP contribution in [-0.4, -0.2) is 18.3 Å². The summed E-state index contributed by atoms with van der Waals surface area (Å²) in [4.78, 5) is 0.